The summed E-state index contributed by atoms with van der Waals surface area (Å²) < 4.78 is 38.7. The van der Waals surface area contributed by atoms with E-state index >= 15 is 4.79 Å². The molecule has 3 heterocycles. The molecule has 0 radical (unpaired) electrons. The van der Waals surface area contributed by atoms with Gasteiger partial charge in [-0.3, -0.25) is 28.3 Å². The highest BCUT2D eigenvalue weighted by atomic mass is 16.6. The molecule has 3 aliphatic carbocycles. The fraction of sp³-hybridized carbons (Fsp3) is 0.492. The molecule has 23 heteroatoms. The Morgan fingerprint density at radius 2 is 1.49 bits per heavy atom. The monoisotopic (exact) mass is 1140 g/mol. The van der Waals surface area contributed by atoms with Crippen molar-refractivity contribution in [1.29, 1.82) is 0 Å². The number of carbonyl (C=O) groups excluding carboxylic acids is 6. The van der Waals surface area contributed by atoms with E-state index in [2.05, 4.69) is 10.6 Å². The summed E-state index contributed by atoms with van der Waals surface area (Å²) in [6, 6.07) is 22.4. The van der Waals surface area contributed by atoms with Crippen LogP contribution in [0, 0.1) is 23.7 Å². The minimum absolute atomic E-state index is 0.00587. The molecule has 23 nitrogen and oxygen atoms in total. The van der Waals surface area contributed by atoms with Crippen molar-refractivity contribution in [2.45, 2.75) is 146 Å². The fourth-order valence-corrected chi connectivity index (χ4v) is 12.8. The van der Waals surface area contributed by atoms with Gasteiger partial charge in [-0.2, -0.15) is 0 Å². The number of Topliss-reactive ketones (excluding diaryl/α,β-unsaturated/α-hetero) is 1. The van der Waals surface area contributed by atoms with Gasteiger partial charge in [0.1, 0.15) is 36.2 Å². The molecule has 14 atom stereocenters. The van der Waals surface area contributed by atoms with Crippen LogP contribution in [0.3, 0.4) is 0 Å². The average Bonchev–Trinajstić information content (AvgIpc) is 0.816. The quantitative estimate of drug-likeness (QED) is 0.0366. The van der Waals surface area contributed by atoms with Gasteiger partial charge >= 0.3 is 29.7 Å². The predicted octanol–water partition coefficient (Wildman–Crippen LogP) is 2.26. The number of ether oxygens (including phenoxy) is 6. The maximum absolute atomic E-state index is 16.2. The molecular weight excluding hydrogens is 1070 g/mol. The van der Waals surface area contributed by atoms with Gasteiger partial charge in [0.25, 0.3) is 11.5 Å². The smallest absolute Gasteiger partial charge is 0.408 e. The Kier molecular flexibility index (Phi) is 16.7. The summed E-state index contributed by atoms with van der Waals surface area (Å²) in [7, 11) is 0. The van der Waals surface area contributed by atoms with Gasteiger partial charge in [-0.1, -0.05) is 80.6 Å². The Morgan fingerprint density at radius 3 is 2.09 bits per heavy atom. The van der Waals surface area contributed by atoms with E-state index in [0.717, 1.165) is 16.1 Å². The van der Waals surface area contributed by atoms with Crippen molar-refractivity contribution in [1.82, 2.24) is 19.8 Å². The number of carbonyl (C=O) groups is 6. The number of nitrogens with one attached hydrogen (secondary N) is 2. The normalized spacial score (nSPS) is 30.6. The van der Waals surface area contributed by atoms with Crippen LogP contribution >= 0.6 is 0 Å². The molecule has 4 fully saturated rings. The molecule has 9 rings (SSSR count). The van der Waals surface area contributed by atoms with Crippen molar-refractivity contribution in [2.24, 2.45) is 16.7 Å². The molecule has 2 amide bonds. The van der Waals surface area contributed by atoms with Gasteiger partial charge in [0.15, 0.2) is 23.6 Å². The summed E-state index contributed by atoms with van der Waals surface area (Å²) in [6.45, 7) is 6.95. The molecule has 5 aliphatic rings. The van der Waals surface area contributed by atoms with Gasteiger partial charge in [-0.05, 0) is 68.2 Å². The summed E-state index contributed by atoms with van der Waals surface area (Å²) in [5.74, 6) is -6.52. The van der Waals surface area contributed by atoms with Crippen LogP contribution in [-0.2, 0) is 49.3 Å². The van der Waals surface area contributed by atoms with Gasteiger partial charge in [-0.25, -0.2) is 19.2 Å². The lowest BCUT2D eigenvalue weighted by atomic mass is 9.44. The second-order valence-electron chi connectivity index (χ2n) is 22.5. The number of aliphatic hydroxyl groups is 5. The van der Waals surface area contributed by atoms with Crippen molar-refractivity contribution in [3.63, 3.8) is 0 Å². The first-order valence-corrected chi connectivity index (χ1v) is 27.1. The second kappa shape index (κ2) is 23.1. The Balaban J connectivity index is 1.11. The summed E-state index contributed by atoms with van der Waals surface area (Å²) in [6.07, 6.45) is -14.7. The van der Waals surface area contributed by atoms with E-state index in [4.69, 9.17) is 28.4 Å². The number of fused-ring (bicyclic) bond motifs is 5. The molecule has 82 heavy (non-hydrogen) atoms. The lowest BCUT2D eigenvalue weighted by molar-refractivity contribution is -0.345. The highest BCUT2D eigenvalue weighted by molar-refractivity contribution is 5.96. The van der Waals surface area contributed by atoms with Crippen LogP contribution in [0.15, 0.2) is 118 Å². The number of benzene rings is 3. The lowest BCUT2D eigenvalue weighted by Crippen LogP contribution is -2.82. The number of hydrogen-bond donors (Lipinski definition) is 7. The van der Waals surface area contributed by atoms with Crippen LogP contribution < -0.4 is 21.9 Å². The molecule has 1 unspecified atom stereocenters. The highest BCUT2D eigenvalue weighted by Gasteiger charge is 2.78. The number of aliphatic hydroxyl groups excluding tert-OH is 4. The van der Waals surface area contributed by atoms with E-state index in [0.29, 0.717) is 5.56 Å². The molecule has 4 aromatic rings. The summed E-state index contributed by atoms with van der Waals surface area (Å²) in [4.78, 5) is 114. The Hall–Kier alpha value is -7.38. The molecule has 438 valence electrons. The zero-order valence-electron chi connectivity index (χ0n) is 46.1. The van der Waals surface area contributed by atoms with Gasteiger partial charge in [0.05, 0.1) is 48.4 Å². The zero-order chi connectivity index (χ0) is 59.2. The minimum Gasteiger partial charge on any atom is -0.456 e. The van der Waals surface area contributed by atoms with E-state index in [1.807, 2.05) is 0 Å². The highest BCUT2D eigenvalue weighted by Crippen LogP contribution is 2.64. The number of ketones is 1. The molecule has 2 aliphatic heterocycles. The number of aromatic nitrogens is 2. The van der Waals surface area contributed by atoms with Crippen molar-refractivity contribution in [2.75, 3.05) is 19.8 Å². The number of hydrogen-bond acceptors (Lipinski definition) is 19. The number of amides is 2. The van der Waals surface area contributed by atoms with Crippen molar-refractivity contribution >= 4 is 35.7 Å². The van der Waals surface area contributed by atoms with Gasteiger partial charge in [0, 0.05) is 62.0 Å². The van der Waals surface area contributed by atoms with Crippen LogP contribution in [0.1, 0.15) is 104 Å². The third-order valence-corrected chi connectivity index (χ3v) is 17.3. The molecule has 0 spiro atoms. The third-order valence-electron chi connectivity index (χ3n) is 17.3. The van der Waals surface area contributed by atoms with Gasteiger partial charge in [0.2, 0.25) is 0 Å². The number of aryl methyl sites for hydroxylation is 1. The maximum atomic E-state index is 16.2. The molecule has 1 aromatic heterocycles. The topological polar surface area (TPSA) is 327 Å². The molecule has 3 aromatic carbocycles. The van der Waals surface area contributed by atoms with Crippen LogP contribution in [0.2, 0.25) is 0 Å². The van der Waals surface area contributed by atoms with Gasteiger partial charge < -0.3 is 64.6 Å². The lowest BCUT2D eigenvalue weighted by Gasteiger charge is -2.67. The standard InChI is InChI=1S/C59H68N4O19/c1-31-28-63(42-25-37(66)39(29-64)78-42)55(75)62(51(31)71)24-16-23-60-54(74)80-46-43-32(2)38(79-53(73)45(68)44(34-17-10-7-11-18-34)61-50(70)35-19-12-8-13-20-35)27-59(76,56(43,4)5)49(81-52(72)36-21-14-9-15-22-36)47-57(6,48(46)69)40(67)26-41-58(47,30-77-41)82-33(3)65/h7-15,17-22,28,37-42,44-47,49,64,66-68,76H,16,23-27,29-30H2,1-6H3,(H,60,74)(H,61,70)/t37-,38-,39+,40-,41+,42+,44-,45+,46+,47-,49-,57?,58-,59+/m0/s1. The number of rotatable bonds is 16. The van der Waals surface area contributed by atoms with Crippen LogP contribution in [0.5, 0.6) is 0 Å². The first-order chi connectivity index (χ1) is 38.9. The fourth-order valence-electron chi connectivity index (χ4n) is 12.8. The predicted molar refractivity (Wildman–Crippen MR) is 286 cm³/mol. The molecule has 7 N–H and O–H groups in total. The molecule has 2 saturated carbocycles. The maximum Gasteiger partial charge on any atom is 0.408 e. The number of alkyl carbamates (subject to hydrolysis) is 1. The summed E-state index contributed by atoms with van der Waals surface area (Å²) >= 11 is 0. The van der Waals surface area contributed by atoms with E-state index in [-0.39, 0.29) is 60.2 Å². The van der Waals surface area contributed by atoms with E-state index in [1.54, 1.807) is 66.7 Å². The minimum atomic E-state index is -2.55. The molecular formula is C59H68N4O19. The zero-order valence-corrected chi connectivity index (χ0v) is 46.1. The molecule has 2 bridgehead atoms. The first-order valence-electron chi connectivity index (χ1n) is 27.1. The summed E-state index contributed by atoms with van der Waals surface area (Å²) in [5.41, 5.74) is -9.39. The third kappa shape index (κ3) is 10.5. The Morgan fingerprint density at radius 1 is 0.854 bits per heavy atom. The average molecular weight is 1140 g/mol. The second-order valence-corrected chi connectivity index (χ2v) is 22.5. The van der Waals surface area contributed by atoms with Crippen molar-refractivity contribution in [3.8, 4) is 0 Å². The SMILES string of the molecule is CC(=O)O[C@@]12CO[C@@H]1C[C@H](O)C1(C)C(=O)[C@H](OC(=O)NCCCn3c(=O)c(C)cn([C@H]4C[C@H](O)[C@@H](CO)O4)c3=O)C3=C(C)[C@@H](OC(=O)[C@H](O)[C@@H](NC(=O)c4ccccc4)c4ccccc4)C[C@@](O)([C@@H](OC(=O)c4ccccc4)[C@@H]12)C3(C)C. The van der Waals surface area contributed by atoms with Crippen LogP contribution in [0.25, 0.3) is 0 Å². The number of nitrogens with zero attached hydrogens (tertiary/aromatic N) is 2. The molecule has 2 saturated heterocycles. The number of esters is 3. The van der Waals surface area contributed by atoms with E-state index in [1.165, 1.54) is 65.1 Å². The summed E-state index contributed by atoms with van der Waals surface area (Å²) in [5, 5.41) is 63.8. The Bertz CT molecular complexity index is 3260. The van der Waals surface area contributed by atoms with E-state index < -0.39 is 156 Å². The van der Waals surface area contributed by atoms with E-state index in [9.17, 15) is 59.1 Å². The van der Waals surface area contributed by atoms with Crippen molar-refractivity contribution in [3.05, 3.63) is 151 Å². The van der Waals surface area contributed by atoms with Crippen molar-refractivity contribution < 1.29 is 82.7 Å². The largest absolute Gasteiger partial charge is 0.456 e. The first kappa shape index (κ1) is 59.2. The Labute approximate surface area is 470 Å². The van der Waals surface area contributed by atoms with Crippen LogP contribution in [0.4, 0.5) is 4.79 Å². The van der Waals surface area contributed by atoms with Gasteiger partial charge in [-0.15, -0.1) is 0 Å². The van der Waals surface area contributed by atoms with Crippen LogP contribution in [-0.4, -0.2) is 150 Å².